The van der Waals surface area contributed by atoms with Crippen molar-refractivity contribution in [3.63, 3.8) is 0 Å². The summed E-state index contributed by atoms with van der Waals surface area (Å²) in [5.74, 6) is 0.833. The van der Waals surface area contributed by atoms with Gasteiger partial charge in [0, 0.05) is 29.7 Å². The molecule has 3 aromatic rings. The zero-order valence-electron chi connectivity index (χ0n) is 11.4. The van der Waals surface area contributed by atoms with Crippen LogP contribution in [0.2, 0.25) is 0 Å². The van der Waals surface area contributed by atoms with Gasteiger partial charge in [-0.2, -0.15) is 0 Å². The number of benzene rings is 1. The molecule has 5 heteroatoms. The fourth-order valence-corrected chi connectivity index (χ4v) is 2.72. The number of pyridine rings is 1. The first kappa shape index (κ1) is 12.9. The van der Waals surface area contributed by atoms with Crippen LogP contribution in [0, 0.1) is 0 Å². The highest BCUT2D eigenvalue weighted by Crippen LogP contribution is 2.24. The van der Waals surface area contributed by atoms with E-state index < -0.39 is 0 Å². The topological polar surface area (TPSA) is 49.8 Å². The van der Waals surface area contributed by atoms with Crippen LogP contribution >= 0.6 is 11.3 Å². The van der Waals surface area contributed by atoms with Crippen molar-refractivity contribution in [2.75, 3.05) is 10.6 Å². The van der Waals surface area contributed by atoms with Crippen molar-refractivity contribution < 1.29 is 0 Å². The molecule has 2 aromatic heterocycles. The highest BCUT2D eigenvalue weighted by atomic mass is 32.1. The van der Waals surface area contributed by atoms with Gasteiger partial charge in [0.15, 0.2) is 0 Å². The summed E-state index contributed by atoms with van der Waals surface area (Å²) in [6.45, 7) is 4.23. The summed E-state index contributed by atoms with van der Waals surface area (Å²) in [6, 6.07) is 10.5. The van der Waals surface area contributed by atoms with E-state index in [0.29, 0.717) is 6.04 Å². The molecule has 0 spiro atoms. The molecule has 0 aliphatic rings. The Hall–Kier alpha value is -2.14. The molecule has 2 N–H and O–H groups in total. The van der Waals surface area contributed by atoms with E-state index in [1.165, 1.54) is 4.70 Å². The quantitative estimate of drug-likeness (QED) is 0.751. The number of nitrogens with zero attached hydrogens (tertiary/aromatic N) is 2. The number of rotatable bonds is 4. The van der Waals surface area contributed by atoms with Crippen molar-refractivity contribution in [2.45, 2.75) is 19.9 Å². The average molecular weight is 284 g/mol. The predicted molar refractivity (Wildman–Crippen MR) is 85.9 cm³/mol. The summed E-state index contributed by atoms with van der Waals surface area (Å²) >= 11 is 1.64. The molecular weight excluding hydrogens is 268 g/mol. The summed E-state index contributed by atoms with van der Waals surface area (Å²) < 4.78 is 1.17. The molecule has 0 radical (unpaired) electrons. The maximum absolute atomic E-state index is 4.35. The van der Waals surface area contributed by atoms with Crippen LogP contribution in [0.15, 0.2) is 42.0 Å². The van der Waals surface area contributed by atoms with Gasteiger partial charge in [0.2, 0.25) is 0 Å². The molecule has 4 nitrogen and oxygen atoms in total. The molecule has 0 atom stereocenters. The molecule has 3 rings (SSSR count). The maximum Gasteiger partial charge on any atom is 0.132 e. The van der Waals surface area contributed by atoms with E-state index >= 15 is 0 Å². The summed E-state index contributed by atoms with van der Waals surface area (Å²) in [6.07, 6.45) is 1.80. The third-order valence-corrected chi connectivity index (χ3v) is 3.61. The first-order valence-corrected chi connectivity index (χ1v) is 7.41. The zero-order valence-corrected chi connectivity index (χ0v) is 12.2. The van der Waals surface area contributed by atoms with Gasteiger partial charge >= 0.3 is 0 Å². The maximum atomic E-state index is 4.35. The molecule has 0 saturated heterocycles. The normalized spacial score (nSPS) is 10.9. The highest BCUT2D eigenvalue weighted by Gasteiger charge is 2.02. The fourth-order valence-electron chi connectivity index (χ4n) is 2.00. The van der Waals surface area contributed by atoms with Crippen LogP contribution < -0.4 is 10.6 Å². The van der Waals surface area contributed by atoms with Gasteiger partial charge in [-0.1, -0.05) is 0 Å². The number of aromatic nitrogens is 2. The van der Waals surface area contributed by atoms with Gasteiger partial charge in [0.1, 0.15) is 5.82 Å². The first-order valence-electron chi connectivity index (χ1n) is 6.53. The van der Waals surface area contributed by atoms with E-state index in [4.69, 9.17) is 0 Å². The van der Waals surface area contributed by atoms with Crippen LogP contribution in [0.5, 0.6) is 0 Å². The molecule has 0 aliphatic carbocycles. The van der Waals surface area contributed by atoms with E-state index in [2.05, 4.69) is 40.5 Å². The number of hydrogen-bond acceptors (Lipinski definition) is 5. The fraction of sp³-hybridized carbons (Fsp3) is 0.200. The third kappa shape index (κ3) is 2.88. The smallest absolute Gasteiger partial charge is 0.132 e. The second kappa shape index (κ2) is 5.46. The van der Waals surface area contributed by atoms with Crippen molar-refractivity contribution >= 4 is 38.7 Å². The standard InChI is InChI=1S/C15H16N4S/c1-10(2)18-12-5-6-16-15(8-12)19-11-3-4-13-14(7-11)20-9-17-13/h3-10H,1-2H3,(H2,16,18,19). The van der Waals surface area contributed by atoms with Crippen LogP contribution in [0.25, 0.3) is 10.2 Å². The molecule has 2 heterocycles. The summed E-state index contributed by atoms with van der Waals surface area (Å²) in [7, 11) is 0. The van der Waals surface area contributed by atoms with Crippen molar-refractivity contribution in [1.82, 2.24) is 9.97 Å². The molecule has 0 amide bonds. The number of fused-ring (bicyclic) bond motifs is 1. The minimum absolute atomic E-state index is 0.402. The number of nitrogens with one attached hydrogen (secondary N) is 2. The number of thiazole rings is 1. The van der Waals surface area contributed by atoms with Crippen LogP contribution in [-0.4, -0.2) is 16.0 Å². The Kier molecular flexibility index (Phi) is 3.52. The lowest BCUT2D eigenvalue weighted by molar-refractivity contribution is 0.899. The lowest BCUT2D eigenvalue weighted by Gasteiger charge is -2.11. The van der Waals surface area contributed by atoms with Crippen LogP contribution in [0.1, 0.15) is 13.8 Å². The van der Waals surface area contributed by atoms with Crippen molar-refractivity contribution in [3.05, 3.63) is 42.0 Å². The Bertz CT molecular complexity index is 720. The minimum atomic E-state index is 0.402. The van der Waals surface area contributed by atoms with Crippen LogP contribution in [0.3, 0.4) is 0 Å². The van der Waals surface area contributed by atoms with Gasteiger partial charge in [-0.3, -0.25) is 0 Å². The van der Waals surface area contributed by atoms with Gasteiger partial charge in [-0.15, -0.1) is 11.3 Å². The summed E-state index contributed by atoms with van der Waals surface area (Å²) in [5.41, 5.74) is 4.98. The Labute approximate surface area is 121 Å². The number of hydrogen-bond donors (Lipinski definition) is 2. The van der Waals surface area contributed by atoms with Gasteiger partial charge in [-0.05, 0) is 38.1 Å². The van der Waals surface area contributed by atoms with Crippen molar-refractivity contribution in [1.29, 1.82) is 0 Å². The lowest BCUT2D eigenvalue weighted by atomic mass is 10.3. The van der Waals surface area contributed by atoms with E-state index in [-0.39, 0.29) is 0 Å². The van der Waals surface area contributed by atoms with Crippen molar-refractivity contribution in [2.24, 2.45) is 0 Å². The van der Waals surface area contributed by atoms with E-state index in [0.717, 1.165) is 22.7 Å². The predicted octanol–water partition coefficient (Wildman–Crippen LogP) is 4.26. The molecule has 0 aliphatic heterocycles. The van der Waals surface area contributed by atoms with E-state index in [1.54, 1.807) is 17.5 Å². The SMILES string of the molecule is CC(C)Nc1ccnc(Nc2ccc3ncsc3c2)c1. The number of anilines is 3. The molecular formula is C15H16N4S. The van der Waals surface area contributed by atoms with Gasteiger partial charge in [0.25, 0.3) is 0 Å². The molecule has 0 bridgehead atoms. The van der Waals surface area contributed by atoms with Crippen LogP contribution in [0.4, 0.5) is 17.2 Å². The molecule has 0 unspecified atom stereocenters. The van der Waals surface area contributed by atoms with E-state index in [1.807, 2.05) is 29.8 Å². The summed E-state index contributed by atoms with van der Waals surface area (Å²) in [5, 5.41) is 6.70. The van der Waals surface area contributed by atoms with Crippen LogP contribution in [-0.2, 0) is 0 Å². The van der Waals surface area contributed by atoms with Gasteiger partial charge < -0.3 is 10.6 Å². The Morgan fingerprint density at radius 3 is 2.80 bits per heavy atom. The molecule has 102 valence electrons. The Balaban J connectivity index is 1.82. The van der Waals surface area contributed by atoms with E-state index in [9.17, 15) is 0 Å². The molecule has 0 fully saturated rings. The first-order chi connectivity index (χ1) is 9.70. The van der Waals surface area contributed by atoms with Gasteiger partial charge in [-0.25, -0.2) is 9.97 Å². The highest BCUT2D eigenvalue weighted by molar-refractivity contribution is 7.16. The zero-order chi connectivity index (χ0) is 13.9. The Morgan fingerprint density at radius 1 is 1.05 bits per heavy atom. The minimum Gasteiger partial charge on any atom is -0.383 e. The third-order valence-electron chi connectivity index (χ3n) is 2.82. The molecule has 20 heavy (non-hydrogen) atoms. The largest absolute Gasteiger partial charge is 0.383 e. The van der Waals surface area contributed by atoms with Crippen molar-refractivity contribution in [3.8, 4) is 0 Å². The molecule has 0 saturated carbocycles. The molecule has 1 aromatic carbocycles. The monoisotopic (exact) mass is 284 g/mol. The second-order valence-corrected chi connectivity index (χ2v) is 5.78. The average Bonchev–Trinajstić information content (AvgIpc) is 2.85. The summed E-state index contributed by atoms with van der Waals surface area (Å²) in [4.78, 5) is 8.63. The Morgan fingerprint density at radius 2 is 1.95 bits per heavy atom. The van der Waals surface area contributed by atoms with Gasteiger partial charge in [0.05, 0.1) is 15.7 Å². The second-order valence-electron chi connectivity index (χ2n) is 4.89. The lowest BCUT2D eigenvalue weighted by Crippen LogP contribution is -2.09.